The van der Waals surface area contributed by atoms with Crippen molar-refractivity contribution in [3.8, 4) is 21.9 Å². The zero-order valence-electron chi connectivity index (χ0n) is 17.2. The molecule has 154 valence electrons. The van der Waals surface area contributed by atoms with Crippen LogP contribution in [0.5, 0.6) is 11.5 Å². The maximum Gasteiger partial charge on any atom is 0.119 e. The Labute approximate surface area is 182 Å². The van der Waals surface area contributed by atoms with Crippen molar-refractivity contribution in [2.45, 2.75) is 12.2 Å². The minimum absolute atomic E-state index is 0.739. The predicted octanol–water partition coefficient (Wildman–Crippen LogP) is 6.06. The van der Waals surface area contributed by atoms with E-state index in [-0.39, 0.29) is 0 Å². The lowest BCUT2D eigenvalue weighted by Crippen LogP contribution is -2.15. The number of hydrogen-bond acceptors (Lipinski definition) is 5. The van der Waals surface area contributed by atoms with E-state index >= 15 is 0 Å². The molecule has 0 aliphatic heterocycles. The third-order valence-corrected chi connectivity index (χ3v) is 6.59. The highest BCUT2D eigenvalue weighted by Crippen LogP contribution is 2.31. The quantitative estimate of drug-likeness (QED) is 0.328. The first-order valence-electron chi connectivity index (χ1n) is 9.93. The van der Waals surface area contributed by atoms with Crippen LogP contribution in [0.1, 0.15) is 11.3 Å². The Hall–Kier alpha value is -1.95. The smallest absolute Gasteiger partial charge is 0.119 e. The average Bonchev–Trinajstić information content (AvgIpc) is 3.21. The molecule has 0 spiro atoms. The summed E-state index contributed by atoms with van der Waals surface area (Å²) in [6, 6.07) is 22.9. The van der Waals surface area contributed by atoms with Crippen LogP contribution in [0.2, 0.25) is 0 Å². The Balaban J connectivity index is 1.38. The fourth-order valence-corrected chi connectivity index (χ4v) is 4.74. The minimum Gasteiger partial charge on any atom is -0.494 e. The van der Waals surface area contributed by atoms with Gasteiger partial charge in [0.05, 0.1) is 13.2 Å². The molecule has 2 aromatic carbocycles. The maximum atomic E-state index is 5.82. The van der Waals surface area contributed by atoms with E-state index in [9.17, 15) is 0 Å². The molecule has 3 rings (SSSR count). The topological polar surface area (TPSA) is 21.7 Å². The van der Waals surface area contributed by atoms with Gasteiger partial charge in [0.1, 0.15) is 11.5 Å². The molecule has 0 atom stereocenters. The summed E-state index contributed by atoms with van der Waals surface area (Å²) in [6.07, 6.45) is 1.04. The number of nitrogens with zero attached hydrogens (tertiary/aromatic N) is 1. The number of ether oxygens (including phenoxy) is 2. The predicted molar refractivity (Wildman–Crippen MR) is 127 cm³/mol. The molecule has 5 heteroatoms. The van der Waals surface area contributed by atoms with Gasteiger partial charge in [0, 0.05) is 27.8 Å². The molecular formula is C24H29NO2S2. The van der Waals surface area contributed by atoms with Crippen molar-refractivity contribution in [2.24, 2.45) is 0 Å². The van der Waals surface area contributed by atoms with Gasteiger partial charge in [-0.05, 0) is 74.6 Å². The first-order valence-corrected chi connectivity index (χ1v) is 11.9. The summed E-state index contributed by atoms with van der Waals surface area (Å²) in [5, 5.41) is 0. The maximum absolute atomic E-state index is 5.82. The average molecular weight is 428 g/mol. The second-order valence-electron chi connectivity index (χ2n) is 7.01. The summed E-state index contributed by atoms with van der Waals surface area (Å²) in [7, 11) is 4.17. The highest BCUT2D eigenvalue weighted by atomic mass is 32.2. The van der Waals surface area contributed by atoms with Crippen molar-refractivity contribution in [3.63, 3.8) is 0 Å². The van der Waals surface area contributed by atoms with Crippen LogP contribution in [-0.2, 0) is 5.75 Å². The van der Waals surface area contributed by atoms with Crippen LogP contribution in [0.15, 0.2) is 66.7 Å². The fourth-order valence-electron chi connectivity index (χ4n) is 2.80. The van der Waals surface area contributed by atoms with Gasteiger partial charge in [-0.25, -0.2) is 0 Å². The van der Waals surface area contributed by atoms with Gasteiger partial charge in [-0.3, -0.25) is 0 Å². The molecule has 3 aromatic rings. The molecule has 0 aliphatic rings. The van der Waals surface area contributed by atoms with Crippen molar-refractivity contribution >= 4 is 23.1 Å². The Morgan fingerprint density at radius 3 is 2.31 bits per heavy atom. The lowest BCUT2D eigenvalue weighted by atomic mass is 10.2. The van der Waals surface area contributed by atoms with Crippen molar-refractivity contribution in [2.75, 3.05) is 39.6 Å². The lowest BCUT2D eigenvalue weighted by Gasteiger charge is -2.10. The van der Waals surface area contributed by atoms with Gasteiger partial charge in [-0.2, -0.15) is 11.8 Å². The molecule has 0 amide bonds. The van der Waals surface area contributed by atoms with E-state index in [0.29, 0.717) is 0 Å². The first kappa shape index (κ1) is 21.8. The van der Waals surface area contributed by atoms with Crippen molar-refractivity contribution in [1.29, 1.82) is 0 Å². The van der Waals surface area contributed by atoms with Gasteiger partial charge in [-0.15, -0.1) is 11.3 Å². The number of para-hydroxylation sites is 1. The van der Waals surface area contributed by atoms with Gasteiger partial charge < -0.3 is 14.4 Å². The lowest BCUT2D eigenvalue weighted by molar-refractivity contribution is 0.281. The molecule has 0 unspecified atom stereocenters. The Kier molecular flexibility index (Phi) is 8.93. The van der Waals surface area contributed by atoms with Crippen LogP contribution in [0.3, 0.4) is 0 Å². The Morgan fingerprint density at radius 2 is 1.55 bits per heavy atom. The van der Waals surface area contributed by atoms with Crippen LogP contribution in [0.25, 0.3) is 10.4 Å². The summed E-state index contributed by atoms with van der Waals surface area (Å²) in [4.78, 5) is 4.88. The van der Waals surface area contributed by atoms with E-state index < -0.39 is 0 Å². The third-order valence-electron chi connectivity index (χ3n) is 4.30. The summed E-state index contributed by atoms with van der Waals surface area (Å²) < 4.78 is 11.6. The van der Waals surface area contributed by atoms with Gasteiger partial charge in [0.25, 0.3) is 0 Å². The minimum atomic E-state index is 0.739. The van der Waals surface area contributed by atoms with Crippen LogP contribution in [0.4, 0.5) is 0 Å². The van der Waals surface area contributed by atoms with Gasteiger partial charge in [0.15, 0.2) is 0 Å². The second-order valence-corrected chi connectivity index (χ2v) is 9.28. The van der Waals surface area contributed by atoms with Crippen LogP contribution in [0, 0.1) is 0 Å². The molecular weight excluding hydrogens is 398 g/mol. The molecule has 0 bridgehead atoms. The third kappa shape index (κ3) is 7.77. The molecule has 0 aliphatic carbocycles. The molecule has 1 heterocycles. The molecule has 0 saturated carbocycles. The van der Waals surface area contributed by atoms with Crippen LogP contribution in [-0.4, -0.2) is 44.5 Å². The molecule has 0 radical (unpaired) electrons. The monoisotopic (exact) mass is 427 g/mol. The van der Waals surface area contributed by atoms with E-state index in [4.69, 9.17) is 9.47 Å². The molecule has 0 saturated heterocycles. The Bertz CT molecular complexity index is 832. The largest absolute Gasteiger partial charge is 0.494 e. The summed E-state index contributed by atoms with van der Waals surface area (Å²) in [6.45, 7) is 2.54. The standard InChI is InChI=1S/C24H29NO2S2/c1-25(2)15-6-16-26-22-11-9-20(10-12-22)24-14-13-23(29-24)19-28-18-17-27-21-7-4-3-5-8-21/h3-5,7-14H,6,15-19H2,1-2H3. The molecule has 1 aromatic heterocycles. The van der Waals surface area contributed by atoms with E-state index in [1.807, 2.05) is 53.4 Å². The van der Waals surface area contributed by atoms with E-state index in [2.05, 4.69) is 55.4 Å². The first-order chi connectivity index (χ1) is 14.2. The summed E-state index contributed by atoms with van der Waals surface area (Å²) in [5.41, 5.74) is 1.25. The second kappa shape index (κ2) is 11.9. The molecule has 29 heavy (non-hydrogen) atoms. The number of hydrogen-bond donors (Lipinski definition) is 0. The van der Waals surface area contributed by atoms with Crippen LogP contribution < -0.4 is 9.47 Å². The number of thiophene rings is 1. The number of benzene rings is 2. The van der Waals surface area contributed by atoms with E-state index in [0.717, 1.165) is 49.2 Å². The van der Waals surface area contributed by atoms with Gasteiger partial charge in [0.2, 0.25) is 0 Å². The van der Waals surface area contributed by atoms with Crippen molar-refractivity contribution in [1.82, 2.24) is 4.90 Å². The van der Waals surface area contributed by atoms with Crippen molar-refractivity contribution in [3.05, 3.63) is 71.6 Å². The van der Waals surface area contributed by atoms with Crippen molar-refractivity contribution < 1.29 is 9.47 Å². The molecule has 0 fully saturated rings. The number of rotatable bonds is 12. The SMILES string of the molecule is CN(C)CCCOc1ccc(-c2ccc(CSCCOc3ccccc3)s2)cc1. The van der Waals surface area contributed by atoms with Gasteiger partial charge in [-0.1, -0.05) is 18.2 Å². The van der Waals surface area contributed by atoms with E-state index in [1.165, 1.54) is 15.3 Å². The molecule has 3 nitrogen and oxygen atoms in total. The molecule has 0 N–H and O–H groups in total. The summed E-state index contributed by atoms with van der Waals surface area (Å²) >= 11 is 3.77. The highest BCUT2D eigenvalue weighted by Gasteiger charge is 2.04. The normalized spacial score (nSPS) is 11.0. The van der Waals surface area contributed by atoms with Gasteiger partial charge >= 0.3 is 0 Å². The highest BCUT2D eigenvalue weighted by molar-refractivity contribution is 7.98. The fraction of sp³-hybridized carbons (Fsp3) is 0.333. The Morgan fingerprint density at radius 1 is 0.828 bits per heavy atom. The van der Waals surface area contributed by atoms with Crippen LogP contribution >= 0.6 is 23.1 Å². The zero-order valence-corrected chi connectivity index (χ0v) is 18.8. The van der Waals surface area contributed by atoms with E-state index in [1.54, 1.807) is 0 Å². The zero-order chi connectivity index (χ0) is 20.3. The number of thioether (sulfide) groups is 1. The summed E-state index contributed by atoms with van der Waals surface area (Å²) in [5.74, 6) is 3.90.